The molecule has 0 aliphatic rings. The molecule has 1 rings (SSSR count). The third kappa shape index (κ3) is 6.26. The molecule has 0 aromatic heterocycles. The van der Waals surface area contributed by atoms with Crippen molar-refractivity contribution >= 4 is 17.5 Å². The van der Waals surface area contributed by atoms with E-state index in [9.17, 15) is 14.7 Å². The molecule has 0 bridgehead atoms. The second-order valence-corrected chi connectivity index (χ2v) is 6.60. The summed E-state index contributed by atoms with van der Waals surface area (Å²) in [6.07, 6.45) is 1.07. The highest BCUT2D eigenvalue weighted by Crippen LogP contribution is 2.21. The largest absolute Gasteiger partial charge is 0.394 e. The van der Waals surface area contributed by atoms with Crippen molar-refractivity contribution in [1.82, 2.24) is 5.32 Å². The number of carbonyl (C=O) groups is 2. The Kier molecular flexibility index (Phi) is 6.56. The number of hydrogen-bond acceptors (Lipinski definition) is 3. The molecule has 0 spiro atoms. The van der Waals surface area contributed by atoms with Gasteiger partial charge in [0.05, 0.1) is 12.6 Å². The first kappa shape index (κ1) is 18.2. The average Bonchev–Trinajstić information content (AvgIpc) is 2.45. The lowest BCUT2D eigenvalue weighted by Crippen LogP contribution is -2.40. The van der Waals surface area contributed by atoms with E-state index in [0.29, 0.717) is 24.1 Å². The van der Waals surface area contributed by atoms with Gasteiger partial charge >= 0.3 is 0 Å². The summed E-state index contributed by atoms with van der Waals surface area (Å²) in [5, 5.41) is 15.0. The number of aliphatic hydroxyl groups excluding tert-OH is 1. The van der Waals surface area contributed by atoms with Gasteiger partial charge in [-0.3, -0.25) is 9.59 Å². The summed E-state index contributed by atoms with van der Waals surface area (Å²) in [5.74, 6) is -0.352. The van der Waals surface area contributed by atoms with Crippen molar-refractivity contribution < 1.29 is 14.7 Å². The van der Waals surface area contributed by atoms with Crippen LogP contribution in [-0.4, -0.2) is 29.6 Å². The van der Waals surface area contributed by atoms with E-state index < -0.39 is 0 Å². The van der Waals surface area contributed by atoms with Crippen LogP contribution in [0.3, 0.4) is 0 Å². The van der Waals surface area contributed by atoms with Crippen LogP contribution >= 0.6 is 0 Å². The molecule has 22 heavy (non-hydrogen) atoms. The molecule has 0 saturated carbocycles. The quantitative estimate of drug-likeness (QED) is 0.756. The van der Waals surface area contributed by atoms with Gasteiger partial charge in [0, 0.05) is 17.7 Å². The number of carbonyl (C=O) groups excluding carboxylic acids is 2. The summed E-state index contributed by atoms with van der Waals surface area (Å²) in [6.45, 7) is 7.84. The van der Waals surface area contributed by atoms with Crippen molar-refractivity contribution in [2.24, 2.45) is 5.41 Å². The second-order valence-electron chi connectivity index (χ2n) is 6.60. The highest BCUT2D eigenvalue weighted by molar-refractivity contribution is 5.97. The van der Waals surface area contributed by atoms with Crippen LogP contribution in [0.1, 0.15) is 50.9 Å². The first-order valence-corrected chi connectivity index (χ1v) is 7.57. The number of amides is 2. The van der Waals surface area contributed by atoms with E-state index in [0.717, 1.165) is 0 Å². The average molecular weight is 306 g/mol. The zero-order chi connectivity index (χ0) is 16.8. The summed E-state index contributed by atoms with van der Waals surface area (Å²) in [5.41, 5.74) is 1.06. The fourth-order valence-corrected chi connectivity index (χ4v) is 2.16. The van der Waals surface area contributed by atoms with Crippen LogP contribution in [0.4, 0.5) is 5.69 Å². The third-order valence-electron chi connectivity index (χ3n) is 3.14. The molecule has 1 aromatic rings. The Labute approximate surface area is 132 Å². The summed E-state index contributed by atoms with van der Waals surface area (Å²) in [4.78, 5) is 23.7. The van der Waals surface area contributed by atoms with Crippen molar-refractivity contribution in [3.8, 4) is 0 Å². The molecule has 0 saturated heterocycles. The highest BCUT2D eigenvalue weighted by atomic mass is 16.3. The van der Waals surface area contributed by atoms with Crippen LogP contribution in [0.25, 0.3) is 0 Å². The third-order valence-corrected chi connectivity index (χ3v) is 3.14. The van der Waals surface area contributed by atoms with Crippen LogP contribution in [0.5, 0.6) is 0 Å². The zero-order valence-corrected chi connectivity index (χ0v) is 13.8. The Morgan fingerprint density at radius 3 is 2.50 bits per heavy atom. The van der Waals surface area contributed by atoms with E-state index in [1.165, 1.54) is 0 Å². The normalized spacial score (nSPS) is 12.6. The van der Waals surface area contributed by atoms with Crippen molar-refractivity contribution in [3.05, 3.63) is 29.8 Å². The van der Waals surface area contributed by atoms with Crippen LogP contribution in [-0.2, 0) is 4.79 Å². The lowest BCUT2D eigenvalue weighted by Gasteiger charge is -2.25. The minimum Gasteiger partial charge on any atom is -0.394 e. The first-order chi connectivity index (χ1) is 10.2. The summed E-state index contributed by atoms with van der Waals surface area (Å²) in [7, 11) is 0. The molecule has 5 heteroatoms. The number of hydrogen-bond donors (Lipinski definition) is 3. The van der Waals surface area contributed by atoms with Crippen LogP contribution in [0, 0.1) is 5.41 Å². The molecule has 1 unspecified atom stereocenters. The molecule has 2 amide bonds. The maximum Gasteiger partial charge on any atom is 0.251 e. The van der Waals surface area contributed by atoms with Gasteiger partial charge in [-0.05, 0) is 30.0 Å². The van der Waals surface area contributed by atoms with E-state index in [1.54, 1.807) is 31.2 Å². The van der Waals surface area contributed by atoms with Crippen LogP contribution in [0.2, 0.25) is 0 Å². The Hall–Kier alpha value is -1.88. The predicted octanol–water partition coefficient (Wildman–Crippen LogP) is 2.56. The number of aliphatic hydroxyl groups is 1. The molecule has 0 radical (unpaired) electrons. The smallest absolute Gasteiger partial charge is 0.251 e. The molecule has 1 aromatic carbocycles. The van der Waals surface area contributed by atoms with E-state index in [-0.39, 0.29) is 29.9 Å². The van der Waals surface area contributed by atoms with E-state index in [4.69, 9.17) is 0 Å². The lowest BCUT2D eigenvalue weighted by atomic mass is 9.88. The molecule has 0 fully saturated rings. The Morgan fingerprint density at radius 1 is 1.27 bits per heavy atom. The Balaban J connectivity index is 2.76. The topological polar surface area (TPSA) is 78.4 Å². The van der Waals surface area contributed by atoms with E-state index in [2.05, 4.69) is 31.4 Å². The molecule has 5 nitrogen and oxygen atoms in total. The maximum atomic E-state index is 12.3. The first-order valence-electron chi connectivity index (χ1n) is 7.57. The summed E-state index contributed by atoms with van der Waals surface area (Å²) in [6, 6.07) is 6.49. The molecule has 1 atom stereocenters. The zero-order valence-electron chi connectivity index (χ0n) is 13.8. The summed E-state index contributed by atoms with van der Waals surface area (Å²) < 4.78 is 0. The molecule has 0 heterocycles. The van der Waals surface area contributed by atoms with Crippen LogP contribution < -0.4 is 10.6 Å². The predicted molar refractivity (Wildman–Crippen MR) is 87.8 cm³/mol. The van der Waals surface area contributed by atoms with Gasteiger partial charge in [-0.2, -0.15) is 0 Å². The van der Waals surface area contributed by atoms with Crippen molar-refractivity contribution in [1.29, 1.82) is 0 Å². The van der Waals surface area contributed by atoms with Gasteiger partial charge in [0.15, 0.2) is 0 Å². The molecule has 122 valence electrons. The highest BCUT2D eigenvalue weighted by Gasteiger charge is 2.20. The van der Waals surface area contributed by atoms with Gasteiger partial charge in [-0.15, -0.1) is 0 Å². The number of nitrogens with one attached hydrogen (secondary N) is 2. The van der Waals surface area contributed by atoms with Crippen molar-refractivity contribution in [2.75, 3.05) is 11.9 Å². The fraction of sp³-hybridized carbons (Fsp3) is 0.529. The van der Waals surface area contributed by atoms with Gasteiger partial charge < -0.3 is 15.7 Å². The minimum atomic E-state index is -0.290. The molecule has 0 aliphatic carbocycles. The van der Waals surface area contributed by atoms with Gasteiger partial charge in [0.1, 0.15) is 0 Å². The fourth-order valence-electron chi connectivity index (χ4n) is 2.16. The molecule has 0 aliphatic heterocycles. The monoisotopic (exact) mass is 306 g/mol. The van der Waals surface area contributed by atoms with E-state index >= 15 is 0 Å². The van der Waals surface area contributed by atoms with Crippen molar-refractivity contribution in [2.45, 2.75) is 46.6 Å². The Morgan fingerprint density at radius 2 is 1.95 bits per heavy atom. The summed E-state index contributed by atoms with van der Waals surface area (Å²) >= 11 is 0. The van der Waals surface area contributed by atoms with E-state index in [1.807, 2.05) is 0 Å². The van der Waals surface area contributed by atoms with Gasteiger partial charge in [-0.1, -0.05) is 33.8 Å². The van der Waals surface area contributed by atoms with Gasteiger partial charge in [-0.25, -0.2) is 0 Å². The molecule has 3 N–H and O–H groups in total. The lowest BCUT2D eigenvalue weighted by molar-refractivity contribution is -0.115. The van der Waals surface area contributed by atoms with Gasteiger partial charge in [0.2, 0.25) is 5.91 Å². The number of benzene rings is 1. The van der Waals surface area contributed by atoms with Crippen molar-refractivity contribution in [3.63, 3.8) is 0 Å². The SMILES string of the molecule is CCC(=O)Nc1cccc(C(=O)NC(CO)CC(C)(C)C)c1. The Bertz CT molecular complexity index is 521. The number of anilines is 1. The number of rotatable bonds is 6. The standard InChI is InChI=1S/C17H26N2O3/c1-5-15(21)18-13-8-6-7-12(9-13)16(22)19-14(11-20)10-17(2,3)4/h6-9,14,20H,5,10-11H2,1-4H3,(H,18,21)(H,19,22). The molecular weight excluding hydrogens is 280 g/mol. The minimum absolute atomic E-state index is 0.0115. The van der Waals surface area contributed by atoms with Crippen LogP contribution in [0.15, 0.2) is 24.3 Å². The maximum absolute atomic E-state index is 12.3. The molecular formula is C17H26N2O3. The second kappa shape index (κ2) is 7.94. The van der Waals surface area contributed by atoms with Gasteiger partial charge in [0.25, 0.3) is 5.91 Å².